The quantitative estimate of drug-likeness (QED) is 0.0170. The lowest BCUT2D eigenvalue weighted by molar-refractivity contribution is -0.870. The third-order valence-electron chi connectivity index (χ3n) is 7.81. The van der Waals surface area contributed by atoms with Crippen LogP contribution in [0, 0.1) is 0 Å². The van der Waals surface area contributed by atoms with Crippen molar-refractivity contribution >= 4 is 19.8 Å². The van der Waals surface area contributed by atoms with Crippen molar-refractivity contribution in [2.45, 2.75) is 135 Å². The van der Waals surface area contributed by atoms with Gasteiger partial charge in [0.15, 0.2) is 6.10 Å². The lowest BCUT2D eigenvalue weighted by Gasteiger charge is -2.28. The summed E-state index contributed by atoms with van der Waals surface area (Å²) in [5, 5.41) is 10.2. The fraction of sp³-hybridized carbons (Fsp3) is 0.667. The number of esters is 2. The monoisotopic (exact) mass is 765 g/mol. The molecular weight excluding hydrogens is 693 g/mol. The van der Waals surface area contributed by atoms with Gasteiger partial charge in [-0.2, -0.15) is 0 Å². The molecule has 0 rings (SSSR count). The second kappa shape index (κ2) is 33.9. The molecule has 304 valence electrons. The molecule has 0 amide bonds. The number of quaternary nitrogens is 1. The third kappa shape index (κ3) is 37.5. The summed E-state index contributed by atoms with van der Waals surface area (Å²) in [6.07, 6.45) is 36.9. The molecular formula is C42H72NO9P. The number of rotatable bonds is 34. The number of nitrogens with zero attached hydrogens (tertiary/aromatic N) is 1. The first-order chi connectivity index (χ1) is 25.4. The average Bonchev–Trinajstić information content (AvgIpc) is 3.09. The van der Waals surface area contributed by atoms with Crippen LogP contribution in [-0.2, 0) is 32.7 Å². The Morgan fingerprint density at radius 1 is 0.717 bits per heavy atom. The topological polar surface area (TPSA) is 131 Å². The van der Waals surface area contributed by atoms with Gasteiger partial charge >= 0.3 is 11.9 Å². The van der Waals surface area contributed by atoms with E-state index in [1.54, 1.807) is 12.2 Å². The Kier molecular flexibility index (Phi) is 32.3. The molecule has 0 spiro atoms. The molecule has 0 aliphatic heterocycles. The first-order valence-corrected chi connectivity index (χ1v) is 21.2. The molecule has 0 saturated heterocycles. The van der Waals surface area contributed by atoms with E-state index in [0.29, 0.717) is 30.3 Å². The minimum absolute atomic E-state index is 0.0408. The molecule has 0 aliphatic carbocycles. The molecule has 2 unspecified atom stereocenters. The van der Waals surface area contributed by atoms with Crippen LogP contribution in [0.5, 0.6) is 0 Å². The highest BCUT2D eigenvalue weighted by Crippen LogP contribution is 2.38. The number of likely N-dealkylation sites (N-methyl/N-ethyl adjacent to an activating group) is 1. The maximum absolute atomic E-state index is 12.6. The Bertz CT molecular complexity index is 1150. The molecule has 0 radical (unpaired) electrons. The van der Waals surface area contributed by atoms with Crippen LogP contribution in [-0.4, -0.2) is 81.2 Å². The fourth-order valence-electron chi connectivity index (χ4n) is 4.66. The van der Waals surface area contributed by atoms with E-state index in [-0.39, 0.29) is 26.1 Å². The lowest BCUT2D eigenvalue weighted by Crippen LogP contribution is -2.37. The van der Waals surface area contributed by atoms with Crippen molar-refractivity contribution in [3.05, 3.63) is 72.9 Å². The average molecular weight is 766 g/mol. The zero-order valence-electron chi connectivity index (χ0n) is 33.5. The molecule has 10 nitrogen and oxygen atoms in total. The summed E-state index contributed by atoms with van der Waals surface area (Å²) in [6.45, 7) is 3.79. The first-order valence-electron chi connectivity index (χ1n) is 19.8. The minimum Gasteiger partial charge on any atom is -0.756 e. The highest BCUT2D eigenvalue weighted by atomic mass is 31.2. The van der Waals surface area contributed by atoms with Crippen LogP contribution in [0.25, 0.3) is 0 Å². The number of aliphatic hydroxyl groups is 1. The summed E-state index contributed by atoms with van der Waals surface area (Å²) in [7, 11) is 1.04. The van der Waals surface area contributed by atoms with Gasteiger partial charge in [-0.25, -0.2) is 0 Å². The third-order valence-corrected chi connectivity index (χ3v) is 8.78. The minimum atomic E-state index is -4.67. The summed E-state index contributed by atoms with van der Waals surface area (Å²) in [5.74, 6) is -1.06. The van der Waals surface area contributed by atoms with Crippen LogP contribution >= 0.6 is 7.82 Å². The summed E-state index contributed by atoms with van der Waals surface area (Å²) in [5.41, 5.74) is 0. The molecule has 11 heteroatoms. The van der Waals surface area contributed by atoms with E-state index in [0.717, 1.165) is 64.2 Å². The summed E-state index contributed by atoms with van der Waals surface area (Å²) < 4.78 is 33.6. The van der Waals surface area contributed by atoms with E-state index >= 15 is 0 Å². The van der Waals surface area contributed by atoms with E-state index in [4.69, 9.17) is 18.5 Å². The first kappa shape index (κ1) is 50.4. The molecule has 0 aromatic carbocycles. The Morgan fingerprint density at radius 3 is 1.98 bits per heavy atom. The summed E-state index contributed by atoms with van der Waals surface area (Å²) in [4.78, 5) is 37.4. The normalized spacial score (nSPS) is 15.1. The van der Waals surface area contributed by atoms with Crippen molar-refractivity contribution in [2.75, 3.05) is 47.5 Å². The van der Waals surface area contributed by atoms with Crippen LogP contribution in [0.4, 0.5) is 0 Å². The van der Waals surface area contributed by atoms with Gasteiger partial charge in [0.2, 0.25) is 0 Å². The predicted molar refractivity (Wildman–Crippen MR) is 214 cm³/mol. The van der Waals surface area contributed by atoms with Gasteiger partial charge in [-0.3, -0.25) is 14.2 Å². The molecule has 3 atom stereocenters. The standard InChI is InChI=1S/C42H72NO9P/c1-6-8-10-12-14-16-18-19-21-22-24-26-28-31-39(44)32-30-34-41(45)49-37-40(38-51-53(47,48)50-36-35-43(3,4)5)52-42(46)33-29-27-25-23-20-17-15-13-11-9-7-2/h8,10,13-16,19,21,24,26,28,31,39-40,44H,6-7,9,11-12,17-18,20,22-23,25,27,29-30,32-38H2,1-5H3/b10-8-,15-13-,16-14-,21-19-,26-24-,31-28+/t39?,40-/m1/s1. The van der Waals surface area contributed by atoms with E-state index in [1.807, 2.05) is 33.3 Å². The van der Waals surface area contributed by atoms with Gasteiger partial charge in [0.1, 0.15) is 19.8 Å². The number of ether oxygens (including phenoxy) is 2. The molecule has 53 heavy (non-hydrogen) atoms. The smallest absolute Gasteiger partial charge is 0.306 e. The van der Waals surface area contributed by atoms with Crippen molar-refractivity contribution < 1.29 is 47.2 Å². The molecule has 0 aromatic heterocycles. The van der Waals surface area contributed by atoms with E-state index in [2.05, 4.69) is 62.5 Å². The number of carbonyl (C=O) groups excluding carboxylic acids is 2. The number of carbonyl (C=O) groups is 2. The van der Waals surface area contributed by atoms with Gasteiger partial charge in [-0.1, -0.05) is 119 Å². The van der Waals surface area contributed by atoms with Gasteiger partial charge in [0.25, 0.3) is 7.82 Å². The van der Waals surface area contributed by atoms with Gasteiger partial charge in [0, 0.05) is 12.8 Å². The maximum atomic E-state index is 12.6. The predicted octanol–water partition coefficient (Wildman–Crippen LogP) is 9.02. The number of allylic oxidation sites excluding steroid dienone is 11. The molecule has 1 N–H and O–H groups in total. The van der Waals surface area contributed by atoms with E-state index in [1.165, 1.54) is 12.8 Å². The molecule has 0 fully saturated rings. The van der Waals surface area contributed by atoms with Crippen molar-refractivity contribution in [3.8, 4) is 0 Å². The number of phosphoric ester groups is 1. The molecule has 0 saturated carbocycles. The number of hydrogen-bond donors (Lipinski definition) is 1. The SMILES string of the molecule is CC/C=C\C/C=C\C/C=C\C/C=C\C=C\C(O)CCCC(=O)OC[C@H](COP(=O)([O-])OCC[N+](C)(C)C)OC(=O)CCCCCCC/C=C\CCCC. The van der Waals surface area contributed by atoms with Gasteiger partial charge in [0.05, 0.1) is 33.9 Å². The highest BCUT2D eigenvalue weighted by Gasteiger charge is 2.21. The van der Waals surface area contributed by atoms with E-state index in [9.17, 15) is 24.2 Å². The Balaban J connectivity index is 4.64. The number of aliphatic hydroxyl groups excluding tert-OH is 1. The molecule has 0 bridgehead atoms. The maximum Gasteiger partial charge on any atom is 0.306 e. The van der Waals surface area contributed by atoms with Crippen molar-refractivity contribution in [2.24, 2.45) is 0 Å². The highest BCUT2D eigenvalue weighted by molar-refractivity contribution is 7.45. The van der Waals surface area contributed by atoms with Gasteiger partial charge < -0.3 is 33.0 Å². The second-order valence-electron chi connectivity index (χ2n) is 14.1. The Morgan fingerprint density at radius 2 is 1.32 bits per heavy atom. The lowest BCUT2D eigenvalue weighted by atomic mass is 10.1. The summed E-state index contributed by atoms with van der Waals surface area (Å²) >= 11 is 0. The van der Waals surface area contributed by atoms with Crippen LogP contribution in [0.2, 0.25) is 0 Å². The van der Waals surface area contributed by atoms with Gasteiger partial charge in [-0.15, -0.1) is 0 Å². The Labute approximate surface area is 321 Å². The van der Waals surface area contributed by atoms with Crippen LogP contribution in [0.1, 0.15) is 123 Å². The Hall–Kier alpha value is -2.59. The number of hydrogen-bond acceptors (Lipinski definition) is 9. The van der Waals surface area contributed by atoms with Crippen molar-refractivity contribution in [1.82, 2.24) is 0 Å². The van der Waals surface area contributed by atoms with Gasteiger partial charge in [-0.05, 0) is 64.2 Å². The van der Waals surface area contributed by atoms with Crippen LogP contribution in [0.15, 0.2) is 72.9 Å². The number of phosphoric acid groups is 1. The molecule has 0 aliphatic rings. The van der Waals surface area contributed by atoms with E-state index < -0.39 is 38.6 Å². The molecule has 0 aromatic rings. The zero-order chi connectivity index (χ0) is 39.5. The van der Waals surface area contributed by atoms with Crippen molar-refractivity contribution in [1.29, 1.82) is 0 Å². The second-order valence-corrected chi connectivity index (χ2v) is 15.5. The number of unbranched alkanes of at least 4 members (excludes halogenated alkanes) is 7. The molecule has 0 heterocycles. The van der Waals surface area contributed by atoms with Crippen molar-refractivity contribution in [3.63, 3.8) is 0 Å². The van der Waals surface area contributed by atoms with Crippen LogP contribution in [0.3, 0.4) is 0 Å². The fourth-order valence-corrected chi connectivity index (χ4v) is 5.39. The summed E-state index contributed by atoms with van der Waals surface area (Å²) in [6, 6.07) is 0. The zero-order valence-corrected chi connectivity index (χ0v) is 34.4. The largest absolute Gasteiger partial charge is 0.756 e. The van der Waals surface area contributed by atoms with Crippen LogP contribution < -0.4 is 4.89 Å².